The maximum atomic E-state index is 5.67. The molecule has 0 aliphatic carbocycles. The Hall–Kier alpha value is -1.68. The third-order valence-corrected chi connectivity index (χ3v) is 2.44. The minimum atomic E-state index is -0.230. The average molecular weight is 217 g/mol. The van der Waals surface area contributed by atoms with Crippen molar-refractivity contribution < 1.29 is 4.42 Å². The van der Waals surface area contributed by atoms with Crippen molar-refractivity contribution in [1.82, 2.24) is 10.2 Å². The summed E-state index contributed by atoms with van der Waals surface area (Å²) < 4.78 is 5.50. The van der Waals surface area contributed by atoms with Gasteiger partial charge in [-0.3, -0.25) is 0 Å². The Labute approximate surface area is 94.5 Å². The molecule has 0 spiro atoms. The van der Waals surface area contributed by atoms with Crippen LogP contribution in [0.1, 0.15) is 30.0 Å². The Morgan fingerprint density at radius 2 is 2.00 bits per heavy atom. The van der Waals surface area contributed by atoms with Crippen molar-refractivity contribution in [3.05, 3.63) is 35.2 Å². The first-order chi connectivity index (χ1) is 7.58. The van der Waals surface area contributed by atoms with Gasteiger partial charge in [0, 0.05) is 5.56 Å². The van der Waals surface area contributed by atoms with Crippen LogP contribution in [0.2, 0.25) is 0 Å². The van der Waals surface area contributed by atoms with Crippen molar-refractivity contribution >= 4 is 0 Å². The molecule has 0 aliphatic heterocycles. The van der Waals surface area contributed by atoms with Crippen LogP contribution in [0.5, 0.6) is 0 Å². The predicted molar refractivity (Wildman–Crippen MR) is 61.8 cm³/mol. The minimum absolute atomic E-state index is 0.230. The summed E-state index contributed by atoms with van der Waals surface area (Å²) in [5.74, 6) is 1.000. The van der Waals surface area contributed by atoms with E-state index in [9.17, 15) is 0 Å². The summed E-state index contributed by atoms with van der Waals surface area (Å²) >= 11 is 0. The zero-order chi connectivity index (χ0) is 11.7. The second kappa shape index (κ2) is 4.06. The Bertz CT molecular complexity index is 503. The molecule has 2 aromatic rings. The summed E-state index contributed by atoms with van der Waals surface area (Å²) in [5, 5.41) is 7.92. The first-order valence-corrected chi connectivity index (χ1v) is 5.24. The molecule has 84 valence electrons. The highest BCUT2D eigenvalue weighted by atomic mass is 16.4. The number of benzene rings is 1. The quantitative estimate of drug-likeness (QED) is 0.838. The fourth-order valence-electron chi connectivity index (χ4n) is 1.58. The fraction of sp³-hybridized carbons (Fsp3) is 0.333. The number of aryl methyl sites for hydroxylation is 2. The van der Waals surface area contributed by atoms with E-state index in [0.29, 0.717) is 11.8 Å². The summed E-state index contributed by atoms with van der Waals surface area (Å²) in [7, 11) is 0. The first kappa shape index (κ1) is 10.8. The van der Waals surface area contributed by atoms with Crippen molar-refractivity contribution in [2.45, 2.75) is 26.8 Å². The van der Waals surface area contributed by atoms with Crippen LogP contribution in [0.15, 0.2) is 22.6 Å². The van der Waals surface area contributed by atoms with E-state index < -0.39 is 0 Å². The summed E-state index contributed by atoms with van der Waals surface area (Å²) in [4.78, 5) is 0. The van der Waals surface area contributed by atoms with Crippen molar-refractivity contribution in [3.63, 3.8) is 0 Å². The maximum Gasteiger partial charge on any atom is 0.248 e. The number of rotatable bonds is 2. The highest BCUT2D eigenvalue weighted by molar-refractivity contribution is 5.58. The summed E-state index contributed by atoms with van der Waals surface area (Å²) in [6.07, 6.45) is 0. The van der Waals surface area contributed by atoms with Crippen molar-refractivity contribution in [2.24, 2.45) is 5.73 Å². The predicted octanol–water partition coefficient (Wildman–Crippen LogP) is 2.37. The maximum absolute atomic E-state index is 5.67. The average Bonchev–Trinajstić information content (AvgIpc) is 2.66. The molecular formula is C12H15N3O. The standard InChI is InChI=1S/C12H15N3O/c1-7-4-5-10(8(2)6-7)12-15-14-11(16-12)9(3)13/h4-6,9H,13H2,1-3H3. The molecule has 4 heteroatoms. The first-order valence-electron chi connectivity index (χ1n) is 5.24. The van der Waals surface area contributed by atoms with Crippen LogP contribution in [-0.4, -0.2) is 10.2 Å². The lowest BCUT2D eigenvalue weighted by Crippen LogP contribution is -2.04. The van der Waals surface area contributed by atoms with E-state index in [2.05, 4.69) is 23.2 Å². The van der Waals surface area contributed by atoms with E-state index in [1.807, 2.05) is 26.0 Å². The smallest absolute Gasteiger partial charge is 0.248 e. The number of nitrogens with zero attached hydrogens (tertiary/aromatic N) is 2. The van der Waals surface area contributed by atoms with Gasteiger partial charge < -0.3 is 10.2 Å². The van der Waals surface area contributed by atoms with Gasteiger partial charge in [0.05, 0.1) is 6.04 Å². The highest BCUT2D eigenvalue weighted by Gasteiger charge is 2.12. The molecule has 1 atom stereocenters. The molecule has 0 saturated heterocycles. The van der Waals surface area contributed by atoms with Gasteiger partial charge in [-0.2, -0.15) is 0 Å². The summed E-state index contributed by atoms with van der Waals surface area (Å²) in [6.45, 7) is 5.90. The van der Waals surface area contributed by atoms with Crippen molar-refractivity contribution in [2.75, 3.05) is 0 Å². The van der Waals surface area contributed by atoms with Crippen LogP contribution in [-0.2, 0) is 0 Å². The van der Waals surface area contributed by atoms with E-state index in [-0.39, 0.29) is 6.04 Å². The Morgan fingerprint density at radius 1 is 1.25 bits per heavy atom. The Balaban J connectivity index is 2.42. The van der Waals surface area contributed by atoms with E-state index in [4.69, 9.17) is 10.2 Å². The summed E-state index contributed by atoms with van der Waals surface area (Å²) in [5.41, 5.74) is 8.97. The Kier molecular flexibility index (Phi) is 2.75. The topological polar surface area (TPSA) is 64.9 Å². The molecule has 4 nitrogen and oxygen atoms in total. The van der Waals surface area contributed by atoms with Crippen LogP contribution in [0.25, 0.3) is 11.5 Å². The third-order valence-electron chi connectivity index (χ3n) is 2.44. The molecule has 0 fully saturated rings. The van der Waals surface area contributed by atoms with Crippen LogP contribution in [0.4, 0.5) is 0 Å². The Morgan fingerprint density at radius 3 is 2.56 bits per heavy atom. The van der Waals surface area contributed by atoms with Gasteiger partial charge in [0.2, 0.25) is 11.8 Å². The molecule has 1 heterocycles. The van der Waals surface area contributed by atoms with Gasteiger partial charge in [-0.15, -0.1) is 10.2 Å². The molecule has 2 rings (SSSR count). The molecule has 2 N–H and O–H groups in total. The lowest BCUT2D eigenvalue weighted by molar-refractivity contribution is 0.473. The lowest BCUT2D eigenvalue weighted by Gasteiger charge is -2.02. The molecular weight excluding hydrogens is 202 g/mol. The van der Waals surface area contributed by atoms with Crippen molar-refractivity contribution in [3.8, 4) is 11.5 Å². The van der Waals surface area contributed by atoms with Crippen LogP contribution in [0.3, 0.4) is 0 Å². The molecule has 0 aliphatic rings. The number of aromatic nitrogens is 2. The van der Waals surface area contributed by atoms with E-state index in [0.717, 1.165) is 11.1 Å². The van der Waals surface area contributed by atoms with E-state index in [1.165, 1.54) is 5.56 Å². The molecule has 0 saturated carbocycles. The largest absolute Gasteiger partial charge is 0.419 e. The zero-order valence-electron chi connectivity index (χ0n) is 9.69. The SMILES string of the molecule is Cc1ccc(-c2nnc(C(C)N)o2)c(C)c1. The van der Waals surface area contributed by atoms with Gasteiger partial charge >= 0.3 is 0 Å². The molecule has 0 bridgehead atoms. The second-order valence-electron chi connectivity index (χ2n) is 4.05. The lowest BCUT2D eigenvalue weighted by atomic mass is 10.1. The summed E-state index contributed by atoms with van der Waals surface area (Å²) in [6, 6.07) is 5.87. The molecule has 1 aromatic heterocycles. The minimum Gasteiger partial charge on any atom is -0.419 e. The van der Waals surface area contributed by atoms with Gasteiger partial charge in [0.1, 0.15) is 0 Å². The number of hydrogen-bond donors (Lipinski definition) is 1. The van der Waals surface area contributed by atoms with Crippen LogP contribution in [0, 0.1) is 13.8 Å². The van der Waals surface area contributed by atoms with Gasteiger partial charge in [-0.1, -0.05) is 17.7 Å². The molecule has 1 unspecified atom stereocenters. The molecule has 16 heavy (non-hydrogen) atoms. The number of hydrogen-bond acceptors (Lipinski definition) is 4. The van der Waals surface area contributed by atoms with E-state index in [1.54, 1.807) is 0 Å². The molecule has 1 aromatic carbocycles. The molecule has 0 radical (unpaired) electrons. The van der Waals surface area contributed by atoms with Gasteiger partial charge in [0.15, 0.2) is 0 Å². The van der Waals surface area contributed by atoms with Gasteiger partial charge in [-0.25, -0.2) is 0 Å². The van der Waals surface area contributed by atoms with Crippen LogP contribution >= 0.6 is 0 Å². The van der Waals surface area contributed by atoms with E-state index >= 15 is 0 Å². The normalized spacial score (nSPS) is 12.8. The highest BCUT2D eigenvalue weighted by Crippen LogP contribution is 2.23. The number of nitrogens with two attached hydrogens (primary N) is 1. The third kappa shape index (κ3) is 1.97. The monoisotopic (exact) mass is 217 g/mol. The van der Waals surface area contributed by atoms with Crippen LogP contribution < -0.4 is 5.73 Å². The second-order valence-corrected chi connectivity index (χ2v) is 4.05. The fourth-order valence-corrected chi connectivity index (χ4v) is 1.58. The van der Waals surface area contributed by atoms with Gasteiger partial charge in [0.25, 0.3) is 0 Å². The van der Waals surface area contributed by atoms with Crippen molar-refractivity contribution in [1.29, 1.82) is 0 Å². The zero-order valence-corrected chi connectivity index (χ0v) is 9.69. The van der Waals surface area contributed by atoms with Gasteiger partial charge in [-0.05, 0) is 32.4 Å². The molecule has 0 amide bonds.